The molecule has 2 atom stereocenters. The Kier molecular flexibility index (Phi) is 5.88. The van der Waals surface area contributed by atoms with Crippen molar-refractivity contribution in [1.29, 1.82) is 0 Å². The third-order valence-electron chi connectivity index (χ3n) is 6.42. The number of para-hydroxylation sites is 2. The molecule has 6 heteroatoms. The number of H-pyrrole nitrogens is 1. The molecule has 2 N–H and O–H groups in total. The van der Waals surface area contributed by atoms with Gasteiger partial charge in [0.2, 0.25) is 5.91 Å². The minimum absolute atomic E-state index is 0.0497. The maximum absolute atomic E-state index is 13.7. The molecule has 5 rings (SSSR count). The van der Waals surface area contributed by atoms with Crippen LogP contribution in [0.25, 0.3) is 11.0 Å². The predicted octanol–water partition coefficient (Wildman–Crippen LogP) is 4.64. The number of fused-ring (bicyclic) bond motifs is 2. The lowest BCUT2D eigenvalue weighted by Crippen LogP contribution is -2.51. The average molecular weight is 453 g/mol. The van der Waals surface area contributed by atoms with Crippen molar-refractivity contribution in [2.45, 2.75) is 38.9 Å². The molecular formula is C28H28N4O2. The van der Waals surface area contributed by atoms with E-state index in [9.17, 15) is 9.59 Å². The van der Waals surface area contributed by atoms with Crippen molar-refractivity contribution in [3.05, 3.63) is 101 Å². The zero-order valence-electron chi connectivity index (χ0n) is 19.4. The van der Waals surface area contributed by atoms with E-state index < -0.39 is 6.04 Å². The first-order valence-corrected chi connectivity index (χ1v) is 11.7. The summed E-state index contributed by atoms with van der Waals surface area (Å²) < 4.78 is 0. The number of carbonyl (C=O) groups excluding carboxylic acids is 2. The normalized spacial score (nSPS) is 14.9. The first-order valence-electron chi connectivity index (χ1n) is 11.7. The van der Waals surface area contributed by atoms with E-state index in [-0.39, 0.29) is 23.8 Å². The van der Waals surface area contributed by atoms with E-state index >= 15 is 0 Å². The lowest BCUT2D eigenvalue weighted by Gasteiger charge is -2.31. The molecule has 172 valence electrons. The fourth-order valence-electron chi connectivity index (χ4n) is 4.77. The molecule has 0 saturated heterocycles. The van der Waals surface area contributed by atoms with Gasteiger partial charge in [-0.2, -0.15) is 0 Å². The molecule has 2 heterocycles. The number of hydrogen-bond donors (Lipinski definition) is 2. The largest absolute Gasteiger partial charge is 0.344 e. The third-order valence-corrected chi connectivity index (χ3v) is 6.42. The van der Waals surface area contributed by atoms with Crippen LogP contribution in [0.5, 0.6) is 0 Å². The molecule has 0 fully saturated rings. The Morgan fingerprint density at radius 1 is 1.00 bits per heavy atom. The monoisotopic (exact) mass is 452 g/mol. The van der Waals surface area contributed by atoms with Gasteiger partial charge in [0.15, 0.2) is 0 Å². The SMILES string of the molecule is CC(C)C(C(=O)NC(Cc1ccccc1)c1nc2ccccc2[nH]1)N1Cc2ccccc2C1=O. The molecule has 1 aliphatic heterocycles. The third kappa shape index (κ3) is 4.19. The molecule has 34 heavy (non-hydrogen) atoms. The number of hydrogen-bond acceptors (Lipinski definition) is 3. The highest BCUT2D eigenvalue weighted by molar-refractivity contribution is 6.01. The van der Waals surface area contributed by atoms with E-state index in [1.54, 1.807) is 4.90 Å². The highest BCUT2D eigenvalue weighted by Gasteiger charge is 2.38. The summed E-state index contributed by atoms with van der Waals surface area (Å²) in [5.41, 5.74) is 4.52. The molecule has 0 bridgehead atoms. The number of aromatic amines is 1. The second-order valence-corrected chi connectivity index (χ2v) is 9.17. The van der Waals surface area contributed by atoms with Crippen molar-refractivity contribution in [3.8, 4) is 0 Å². The summed E-state index contributed by atoms with van der Waals surface area (Å²) in [6, 6.07) is 24.5. The number of amides is 2. The van der Waals surface area contributed by atoms with Gasteiger partial charge in [-0.3, -0.25) is 9.59 Å². The van der Waals surface area contributed by atoms with Crippen LogP contribution in [0.15, 0.2) is 78.9 Å². The Hall–Kier alpha value is -3.93. The molecule has 6 nitrogen and oxygen atoms in total. The molecular weight excluding hydrogens is 424 g/mol. The van der Waals surface area contributed by atoms with Crippen LogP contribution in [0.2, 0.25) is 0 Å². The van der Waals surface area contributed by atoms with Gasteiger partial charge >= 0.3 is 0 Å². The van der Waals surface area contributed by atoms with Crippen LogP contribution in [0, 0.1) is 5.92 Å². The minimum Gasteiger partial charge on any atom is -0.344 e. The topological polar surface area (TPSA) is 78.1 Å². The fourth-order valence-corrected chi connectivity index (χ4v) is 4.77. The van der Waals surface area contributed by atoms with Gasteiger partial charge in [0.1, 0.15) is 11.9 Å². The first-order chi connectivity index (χ1) is 16.5. The van der Waals surface area contributed by atoms with Gasteiger partial charge in [0, 0.05) is 12.1 Å². The summed E-state index contributed by atoms with van der Waals surface area (Å²) in [6.07, 6.45) is 0.589. The number of nitrogens with zero attached hydrogens (tertiary/aromatic N) is 2. The number of imidazole rings is 1. The second kappa shape index (κ2) is 9.14. The first kappa shape index (κ1) is 21.9. The Labute approximate surface area is 199 Å². The predicted molar refractivity (Wildman–Crippen MR) is 132 cm³/mol. The zero-order chi connectivity index (χ0) is 23.7. The van der Waals surface area contributed by atoms with E-state index in [1.807, 2.05) is 92.7 Å². The van der Waals surface area contributed by atoms with Crippen LogP contribution >= 0.6 is 0 Å². The van der Waals surface area contributed by atoms with Gasteiger partial charge in [0.25, 0.3) is 5.91 Å². The lowest BCUT2D eigenvalue weighted by atomic mass is 9.99. The maximum Gasteiger partial charge on any atom is 0.255 e. The van der Waals surface area contributed by atoms with Crippen molar-refractivity contribution in [1.82, 2.24) is 20.2 Å². The van der Waals surface area contributed by atoms with Crippen LogP contribution < -0.4 is 5.32 Å². The number of benzene rings is 3. The Balaban J connectivity index is 1.44. The van der Waals surface area contributed by atoms with Crippen LogP contribution in [-0.2, 0) is 17.8 Å². The molecule has 2 amide bonds. The highest BCUT2D eigenvalue weighted by Crippen LogP contribution is 2.28. The summed E-state index contributed by atoms with van der Waals surface area (Å²) in [7, 11) is 0. The smallest absolute Gasteiger partial charge is 0.255 e. The van der Waals surface area contributed by atoms with Gasteiger partial charge in [-0.1, -0.05) is 74.5 Å². The van der Waals surface area contributed by atoms with Crippen LogP contribution in [0.1, 0.15) is 47.2 Å². The number of rotatable bonds is 7. The van der Waals surface area contributed by atoms with Crippen molar-refractivity contribution in [2.24, 2.45) is 5.92 Å². The Morgan fingerprint density at radius 3 is 2.44 bits per heavy atom. The summed E-state index contributed by atoms with van der Waals surface area (Å²) >= 11 is 0. The van der Waals surface area contributed by atoms with E-state index in [0.29, 0.717) is 24.4 Å². The van der Waals surface area contributed by atoms with Crippen LogP contribution in [-0.4, -0.2) is 32.7 Å². The molecule has 0 aliphatic carbocycles. The quantitative estimate of drug-likeness (QED) is 0.429. The molecule has 1 aromatic heterocycles. The van der Waals surface area contributed by atoms with Crippen LogP contribution in [0.3, 0.4) is 0 Å². The van der Waals surface area contributed by atoms with E-state index in [2.05, 4.69) is 10.3 Å². The van der Waals surface area contributed by atoms with E-state index in [1.165, 1.54) is 0 Å². The number of nitrogens with one attached hydrogen (secondary N) is 2. The lowest BCUT2D eigenvalue weighted by molar-refractivity contribution is -0.128. The Bertz CT molecular complexity index is 1300. The molecule has 2 unspecified atom stereocenters. The maximum atomic E-state index is 13.7. The molecule has 4 aromatic rings. The molecule has 0 radical (unpaired) electrons. The molecule has 3 aromatic carbocycles. The summed E-state index contributed by atoms with van der Waals surface area (Å²) in [6.45, 7) is 4.40. The summed E-state index contributed by atoms with van der Waals surface area (Å²) in [5.74, 6) is 0.397. The van der Waals surface area contributed by atoms with E-state index in [4.69, 9.17) is 4.98 Å². The van der Waals surface area contributed by atoms with E-state index in [0.717, 1.165) is 22.2 Å². The van der Waals surface area contributed by atoms with Crippen molar-refractivity contribution in [3.63, 3.8) is 0 Å². The van der Waals surface area contributed by atoms with Gasteiger partial charge in [0.05, 0.1) is 17.1 Å². The highest BCUT2D eigenvalue weighted by atomic mass is 16.2. The van der Waals surface area contributed by atoms with Gasteiger partial charge < -0.3 is 15.2 Å². The Morgan fingerprint density at radius 2 is 1.71 bits per heavy atom. The standard InChI is InChI=1S/C28H28N4O2/c1-18(2)25(32-17-20-12-6-7-13-21(20)28(32)34)27(33)31-24(16-19-10-4-3-5-11-19)26-29-22-14-8-9-15-23(22)30-26/h3-15,18,24-25H,16-17H2,1-2H3,(H,29,30)(H,31,33). The fraction of sp³-hybridized carbons (Fsp3) is 0.250. The number of carbonyl (C=O) groups is 2. The van der Waals surface area contributed by atoms with Gasteiger partial charge in [-0.05, 0) is 41.7 Å². The van der Waals surface area contributed by atoms with Crippen LogP contribution in [0.4, 0.5) is 0 Å². The van der Waals surface area contributed by atoms with Gasteiger partial charge in [-0.15, -0.1) is 0 Å². The van der Waals surface area contributed by atoms with Crippen molar-refractivity contribution >= 4 is 22.8 Å². The van der Waals surface area contributed by atoms with Crippen molar-refractivity contribution in [2.75, 3.05) is 0 Å². The zero-order valence-corrected chi connectivity index (χ0v) is 19.4. The van der Waals surface area contributed by atoms with Gasteiger partial charge in [-0.25, -0.2) is 4.98 Å². The molecule has 0 saturated carbocycles. The number of aromatic nitrogens is 2. The molecule has 1 aliphatic rings. The summed E-state index contributed by atoms with van der Waals surface area (Å²) in [5, 5.41) is 3.22. The molecule has 0 spiro atoms. The van der Waals surface area contributed by atoms with Crippen molar-refractivity contribution < 1.29 is 9.59 Å². The average Bonchev–Trinajstić information content (AvgIpc) is 3.41. The second-order valence-electron chi connectivity index (χ2n) is 9.17. The minimum atomic E-state index is -0.581. The summed E-state index contributed by atoms with van der Waals surface area (Å²) in [4.78, 5) is 36.7.